The molecule has 0 spiro atoms. The predicted molar refractivity (Wildman–Crippen MR) is 45.6 cm³/mol. The van der Waals surface area contributed by atoms with E-state index in [0.717, 1.165) is 0 Å². The molecule has 0 unspecified atom stereocenters. The van der Waals surface area contributed by atoms with Crippen molar-refractivity contribution in [2.75, 3.05) is 6.61 Å². The van der Waals surface area contributed by atoms with Crippen LogP contribution in [0.2, 0.25) is 0 Å². The first-order valence-corrected chi connectivity index (χ1v) is 3.99. The van der Waals surface area contributed by atoms with E-state index < -0.39 is 0 Å². The summed E-state index contributed by atoms with van der Waals surface area (Å²) in [5.74, 6) is 0.266. The third-order valence-electron chi connectivity index (χ3n) is 1.33. The van der Waals surface area contributed by atoms with Crippen LogP contribution in [0, 0.1) is 17.8 Å². The Bertz CT molecular complexity index is 245. The summed E-state index contributed by atoms with van der Waals surface area (Å²) in [4.78, 5) is 0. The van der Waals surface area contributed by atoms with Gasteiger partial charge in [-0.1, -0.05) is 26.0 Å². The van der Waals surface area contributed by atoms with Crippen LogP contribution in [0.15, 0.2) is 18.2 Å². The topological polar surface area (TPSA) is 9.23 Å². The van der Waals surface area contributed by atoms with Crippen molar-refractivity contribution >= 4 is 0 Å². The van der Waals surface area contributed by atoms with Gasteiger partial charge in [0.2, 0.25) is 0 Å². The third-order valence-corrected chi connectivity index (χ3v) is 1.33. The van der Waals surface area contributed by atoms with Crippen LogP contribution >= 0.6 is 0 Å². The molecule has 1 aromatic rings. The maximum Gasteiger partial charge on any atom is 0.165 e. The standard InChI is InChI=1S/C10H12FO/c1-8(2)7-12-10-6-4-3-5-9(10)11/h3-5,8H,7H2,1-2H3. The number of rotatable bonds is 3. The van der Waals surface area contributed by atoms with E-state index in [1.807, 2.05) is 13.8 Å². The van der Waals surface area contributed by atoms with Crippen molar-refractivity contribution in [1.82, 2.24) is 0 Å². The smallest absolute Gasteiger partial charge is 0.165 e. The number of benzene rings is 1. The highest BCUT2D eigenvalue weighted by molar-refractivity contribution is 5.21. The fourth-order valence-corrected chi connectivity index (χ4v) is 0.762. The lowest BCUT2D eigenvalue weighted by Gasteiger charge is -2.08. The highest BCUT2D eigenvalue weighted by Crippen LogP contribution is 2.15. The first kappa shape index (κ1) is 9.04. The molecule has 65 valence electrons. The fourth-order valence-electron chi connectivity index (χ4n) is 0.762. The molecule has 2 heteroatoms. The second-order valence-corrected chi connectivity index (χ2v) is 3.05. The van der Waals surface area contributed by atoms with Gasteiger partial charge in [0, 0.05) is 6.07 Å². The van der Waals surface area contributed by atoms with Crippen LogP contribution in [0.3, 0.4) is 0 Å². The highest BCUT2D eigenvalue weighted by atomic mass is 19.1. The Hall–Kier alpha value is -1.05. The molecule has 0 aromatic heterocycles. The van der Waals surface area contributed by atoms with Crippen LogP contribution in [0.4, 0.5) is 4.39 Å². The average molecular weight is 167 g/mol. The Morgan fingerprint density at radius 3 is 2.92 bits per heavy atom. The van der Waals surface area contributed by atoms with Gasteiger partial charge in [0.15, 0.2) is 11.6 Å². The van der Waals surface area contributed by atoms with E-state index in [1.54, 1.807) is 12.1 Å². The predicted octanol–water partition coefficient (Wildman–Crippen LogP) is 2.66. The summed E-state index contributed by atoms with van der Waals surface area (Å²) in [6, 6.07) is 7.29. The van der Waals surface area contributed by atoms with E-state index in [4.69, 9.17) is 4.74 Å². The fraction of sp³-hybridized carbons (Fsp3) is 0.400. The van der Waals surface area contributed by atoms with Gasteiger partial charge >= 0.3 is 0 Å². The molecule has 12 heavy (non-hydrogen) atoms. The number of ether oxygens (including phenoxy) is 1. The molecular formula is C10H12FO. The zero-order valence-corrected chi connectivity index (χ0v) is 7.30. The number of hydrogen-bond acceptors (Lipinski definition) is 1. The van der Waals surface area contributed by atoms with Crippen molar-refractivity contribution in [3.05, 3.63) is 30.1 Å². The zero-order chi connectivity index (χ0) is 8.97. The van der Waals surface area contributed by atoms with E-state index in [-0.39, 0.29) is 11.6 Å². The van der Waals surface area contributed by atoms with Crippen molar-refractivity contribution < 1.29 is 9.13 Å². The molecule has 0 aliphatic heterocycles. The number of halogens is 1. The minimum absolute atomic E-state index is 0.214. The molecule has 0 saturated heterocycles. The third kappa shape index (κ3) is 2.53. The molecule has 0 fully saturated rings. The summed E-state index contributed by atoms with van der Waals surface area (Å²) in [5.41, 5.74) is 0. The maximum atomic E-state index is 12.9. The average Bonchev–Trinajstić information content (AvgIpc) is 2.03. The molecule has 0 aliphatic carbocycles. The number of para-hydroxylation sites is 1. The Balaban J connectivity index is 2.57. The van der Waals surface area contributed by atoms with Crippen LogP contribution in [0.1, 0.15) is 13.8 Å². The monoisotopic (exact) mass is 167 g/mol. The largest absolute Gasteiger partial charge is 0.490 e. The van der Waals surface area contributed by atoms with Gasteiger partial charge in [-0.05, 0) is 12.0 Å². The van der Waals surface area contributed by atoms with Gasteiger partial charge < -0.3 is 4.74 Å². The lowest BCUT2D eigenvalue weighted by molar-refractivity contribution is 0.259. The van der Waals surface area contributed by atoms with Crippen LogP contribution < -0.4 is 4.74 Å². The highest BCUT2D eigenvalue weighted by Gasteiger charge is 2.02. The minimum atomic E-state index is -0.349. The Kier molecular flexibility index (Phi) is 3.09. The van der Waals surface area contributed by atoms with Gasteiger partial charge in [-0.2, -0.15) is 0 Å². The summed E-state index contributed by atoms with van der Waals surface area (Å²) < 4.78 is 18.1. The molecule has 0 atom stereocenters. The second kappa shape index (κ2) is 4.10. The van der Waals surface area contributed by atoms with Crippen LogP contribution in [0.25, 0.3) is 0 Å². The van der Waals surface area contributed by atoms with E-state index in [0.29, 0.717) is 12.5 Å². The lowest BCUT2D eigenvalue weighted by atomic mass is 10.2. The normalized spacial score (nSPS) is 10.3. The molecule has 1 aromatic carbocycles. The molecule has 0 heterocycles. The van der Waals surface area contributed by atoms with E-state index in [9.17, 15) is 4.39 Å². The lowest BCUT2D eigenvalue weighted by Crippen LogP contribution is -2.05. The molecule has 0 bridgehead atoms. The maximum absolute atomic E-state index is 12.9. The van der Waals surface area contributed by atoms with Crippen molar-refractivity contribution in [2.24, 2.45) is 5.92 Å². The first-order valence-electron chi connectivity index (χ1n) is 3.99. The first-order chi connectivity index (χ1) is 5.70. The van der Waals surface area contributed by atoms with Gasteiger partial charge in [0.1, 0.15) is 0 Å². The molecule has 1 radical (unpaired) electrons. The molecule has 1 nitrogen and oxygen atoms in total. The second-order valence-electron chi connectivity index (χ2n) is 3.05. The van der Waals surface area contributed by atoms with Gasteiger partial charge in [-0.3, -0.25) is 0 Å². The summed E-state index contributed by atoms with van der Waals surface area (Å²) in [5, 5.41) is 0. The van der Waals surface area contributed by atoms with Crippen molar-refractivity contribution in [2.45, 2.75) is 13.8 Å². The van der Waals surface area contributed by atoms with Gasteiger partial charge in [-0.25, -0.2) is 4.39 Å². The summed E-state index contributed by atoms with van der Waals surface area (Å²) >= 11 is 0. The zero-order valence-electron chi connectivity index (χ0n) is 7.30. The SMILES string of the molecule is CC(C)COc1[c]cccc1F. The van der Waals surface area contributed by atoms with Crippen LogP contribution in [-0.2, 0) is 0 Å². The van der Waals surface area contributed by atoms with Gasteiger partial charge in [-0.15, -0.1) is 0 Å². The minimum Gasteiger partial charge on any atom is -0.490 e. The number of hydrogen-bond donors (Lipinski definition) is 0. The molecular weight excluding hydrogens is 155 g/mol. The van der Waals surface area contributed by atoms with E-state index in [2.05, 4.69) is 6.07 Å². The summed E-state index contributed by atoms with van der Waals surface area (Å²) in [6.45, 7) is 4.55. The summed E-state index contributed by atoms with van der Waals surface area (Å²) in [6.07, 6.45) is 0. The van der Waals surface area contributed by atoms with Gasteiger partial charge in [0.05, 0.1) is 6.61 Å². The van der Waals surface area contributed by atoms with Crippen molar-refractivity contribution in [3.63, 3.8) is 0 Å². The Morgan fingerprint density at radius 1 is 1.58 bits per heavy atom. The van der Waals surface area contributed by atoms with Crippen LogP contribution in [-0.4, -0.2) is 6.61 Å². The Morgan fingerprint density at radius 2 is 2.33 bits per heavy atom. The Labute approximate surface area is 72.2 Å². The molecule has 0 aliphatic rings. The van der Waals surface area contributed by atoms with Crippen molar-refractivity contribution in [3.8, 4) is 5.75 Å². The summed E-state index contributed by atoms with van der Waals surface area (Å²) in [7, 11) is 0. The molecule has 0 amide bonds. The van der Waals surface area contributed by atoms with E-state index >= 15 is 0 Å². The molecule has 0 N–H and O–H groups in total. The quantitative estimate of drug-likeness (QED) is 0.672. The molecule has 0 saturated carbocycles. The molecule has 1 rings (SSSR count). The van der Waals surface area contributed by atoms with Crippen LogP contribution in [0.5, 0.6) is 5.75 Å². The van der Waals surface area contributed by atoms with Gasteiger partial charge in [0.25, 0.3) is 0 Å². The van der Waals surface area contributed by atoms with E-state index in [1.165, 1.54) is 6.07 Å². The van der Waals surface area contributed by atoms with Crippen molar-refractivity contribution in [1.29, 1.82) is 0 Å².